The zero-order valence-electron chi connectivity index (χ0n) is 11.9. The summed E-state index contributed by atoms with van der Waals surface area (Å²) in [5.41, 5.74) is -0.0785. The van der Waals surface area contributed by atoms with Crippen molar-refractivity contribution in [2.75, 3.05) is 46.6 Å². The van der Waals surface area contributed by atoms with Crippen LogP contribution in [-0.2, 0) is 14.2 Å². The summed E-state index contributed by atoms with van der Waals surface area (Å²) in [5, 5.41) is 3.32. The topological polar surface area (TPSA) is 39.7 Å². The second-order valence-corrected chi connectivity index (χ2v) is 4.63. The average Bonchev–Trinajstić information content (AvgIpc) is 2.31. The number of ether oxygens (including phenoxy) is 3. The zero-order valence-corrected chi connectivity index (χ0v) is 11.9. The number of methoxy groups -OCH3 is 1. The molecule has 0 saturated carbocycles. The molecule has 0 aliphatic heterocycles. The molecule has 0 aromatic heterocycles. The van der Waals surface area contributed by atoms with Crippen molar-refractivity contribution in [1.29, 1.82) is 0 Å². The van der Waals surface area contributed by atoms with Crippen LogP contribution >= 0.6 is 0 Å². The van der Waals surface area contributed by atoms with Crippen molar-refractivity contribution in [2.24, 2.45) is 0 Å². The van der Waals surface area contributed by atoms with Crippen LogP contribution in [0, 0.1) is 0 Å². The van der Waals surface area contributed by atoms with Crippen LogP contribution in [0.4, 0.5) is 0 Å². The maximum Gasteiger partial charge on any atom is 0.0644 e. The molecule has 0 rings (SSSR count). The Morgan fingerprint density at radius 1 is 1.00 bits per heavy atom. The van der Waals surface area contributed by atoms with Gasteiger partial charge in [-0.1, -0.05) is 0 Å². The van der Waals surface area contributed by atoms with Gasteiger partial charge in [-0.15, -0.1) is 0 Å². The van der Waals surface area contributed by atoms with E-state index in [1.807, 2.05) is 6.92 Å². The summed E-state index contributed by atoms with van der Waals surface area (Å²) in [6.45, 7) is 11.2. The fourth-order valence-corrected chi connectivity index (χ4v) is 1.23. The van der Waals surface area contributed by atoms with Gasteiger partial charge in [-0.3, -0.25) is 0 Å². The Labute approximate surface area is 106 Å². The van der Waals surface area contributed by atoms with Crippen LogP contribution in [0.3, 0.4) is 0 Å². The predicted octanol–water partition coefficient (Wildman–Crippen LogP) is 1.83. The highest BCUT2D eigenvalue weighted by Gasteiger charge is 2.15. The van der Waals surface area contributed by atoms with Gasteiger partial charge in [-0.25, -0.2) is 0 Å². The Kier molecular flexibility index (Phi) is 10.9. The maximum absolute atomic E-state index is 5.53. The Morgan fingerprint density at radius 2 is 1.76 bits per heavy atom. The monoisotopic (exact) mass is 247 g/mol. The van der Waals surface area contributed by atoms with E-state index in [1.54, 1.807) is 7.11 Å². The number of hydrogen-bond donors (Lipinski definition) is 1. The lowest BCUT2D eigenvalue weighted by atomic mass is 10.1. The van der Waals surface area contributed by atoms with E-state index in [2.05, 4.69) is 19.2 Å². The Hall–Kier alpha value is -0.160. The summed E-state index contributed by atoms with van der Waals surface area (Å²) in [5.74, 6) is 0. The van der Waals surface area contributed by atoms with Gasteiger partial charge in [0.1, 0.15) is 0 Å². The first-order valence-corrected chi connectivity index (χ1v) is 6.53. The normalized spacial score (nSPS) is 12.0. The first-order valence-electron chi connectivity index (χ1n) is 6.53. The fourth-order valence-electron chi connectivity index (χ4n) is 1.23. The molecule has 0 fully saturated rings. The third-order valence-electron chi connectivity index (χ3n) is 2.67. The summed E-state index contributed by atoms with van der Waals surface area (Å²) >= 11 is 0. The molecule has 4 heteroatoms. The molecule has 4 nitrogen and oxygen atoms in total. The number of rotatable bonds is 12. The molecular weight excluding hydrogens is 218 g/mol. The van der Waals surface area contributed by atoms with E-state index in [4.69, 9.17) is 14.2 Å². The van der Waals surface area contributed by atoms with E-state index in [0.29, 0.717) is 0 Å². The molecule has 0 bridgehead atoms. The lowest BCUT2D eigenvalue weighted by Crippen LogP contribution is -2.26. The number of hydrogen-bond acceptors (Lipinski definition) is 4. The standard InChI is InChI=1S/C13H29NO3/c1-5-16-10-6-8-14-9-12-17-11-7-13(2,3)15-4/h14H,5-12H2,1-4H3. The molecule has 0 aromatic carbocycles. The molecule has 104 valence electrons. The Bertz CT molecular complexity index is 163. The molecule has 0 saturated heterocycles. The second kappa shape index (κ2) is 11.0. The van der Waals surface area contributed by atoms with Crippen molar-refractivity contribution in [3.8, 4) is 0 Å². The minimum Gasteiger partial charge on any atom is -0.382 e. The maximum atomic E-state index is 5.53. The van der Waals surface area contributed by atoms with Crippen LogP contribution in [0.1, 0.15) is 33.6 Å². The van der Waals surface area contributed by atoms with Crippen molar-refractivity contribution in [1.82, 2.24) is 5.32 Å². The SMILES string of the molecule is CCOCCCNCCOCCC(C)(C)OC. The fraction of sp³-hybridized carbons (Fsp3) is 1.00. The lowest BCUT2D eigenvalue weighted by Gasteiger charge is -2.22. The van der Waals surface area contributed by atoms with E-state index in [1.165, 1.54) is 0 Å². The van der Waals surface area contributed by atoms with Crippen molar-refractivity contribution in [2.45, 2.75) is 39.2 Å². The van der Waals surface area contributed by atoms with E-state index >= 15 is 0 Å². The third-order valence-corrected chi connectivity index (χ3v) is 2.67. The van der Waals surface area contributed by atoms with Crippen molar-refractivity contribution >= 4 is 0 Å². The van der Waals surface area contributed by atoms with Gasteiger partial charge in [0.2, 0.25) is 0 Å². The molecule has 0 amide bonds. The predicted molar refractivity (Wildman–Crippen MR) is 70.5 cm³/mol. The summed E-state index contributed by atoms with van der Waals surface area (Å²) in [4.78, 5) is 0. The molecule has 0 spiro atoms. The minimum atomic E-state index is -0.0785. The smallest absolute Gasteiger partial charge is 0.0644 e. The average molecular weight is 247 g/mol. The zero-order chi connectivity index (χ0) is 13.0. The van der Waals surface area contributed by atoms with Crippen molar-refractivity contribution in [3.05, 3.63) is 0 Å². The molecule has 0 atom stereocenters. The van der Waals surface area contributed by atoms with Crippen LogP contribution in [-0.4, -0.2) is 52.2 Å². The van der Waals surface area contributed by atoms with Crippen LogP contribution in [0.2, 0.25) is 0 Å². The highest BCUT2D eigenvalue weighted by molar-refractivity contribution is 4.66. The Balaban J connectivity index is 3.09. The molecule has 0 aromatic rings. The molecule has 0 radical (unpaired) electrons. The van der Waals surface area contributed by atoms with Crippen LogP contribution in [0.5, 0.6) is 0 Å². The van der Waals surface area contributed by atoms with Gasteiger partial charge in [0.15, 0.2) is 0 Å². The van der Waals surface area contributed by atoms with Gasteiger partial charge in [0.05, 0.1) is 12.2 Å². The molecule has 0 aliphatic carbocycles. The molecule has 1 N–H and O–H groups in total. The molecule has 0 aliphatic rings. The van der Waals surface area contributed by atoms with Gasteiger partial charge in [0, 0.05) is 33.5 Å². The minimum absolute atomic E-state index is 0.0785. The largest absolute Gasteiger partial charge is 0.382 e. The van der Waals surface area contributed by atoms with Crippen LogP contribution in [0.25, 0.3) is 0 Å². The van der Waals surface area contributed by atoms with Gasteiger partial charge >= 0.3 is 0 Å². The van der Waals surface area contributed by atoms with Crippen LogP contribution in [0.15, 0.2) is 0 Å². The first kappa shape index (κ1) is 16.8. The molecule has 0 unspecified atom stereocenters. The summed E-state index contributed by atoms with van der Waals surface area (Å²) in [6, 6.07) is 0. The second-order valence-electron chi connectivity index (χ2n) is 4.63. The third kappa shape index (κ3) is 12.1. The summed E-state index contributed by atoms with van der Waals surface area (Å²) in [7, 11) is 1.74. The highest BCUT2D eigenvalue weighted by atomic mass is 16.5. The van der Waals surface area contributed by atoms with E-state index in [-0.39, 0.29) is 5.60 Å². The summed E-state index contributed by atoms with van der Waals surface area (Å²) < 4.78 is 16.1. The van der Waals surface area contributed by atoms with E-state index in [9.17, 15) is 0 Å². The molecular formula is C13H29NO3. The van der Waals surface area contributed by atoms with Gasteiger partial charge in [0.25, 0.3) is 0 Å². The number of nitrogens with one attached hydrogen (secondary N) is 1. The van der Waals surface area contributed by atoms with E-state index in [0.717, 1.165) is 52.4 Å². The van der Waals surface area contributed by atoms with Gasteiger partial charge in [-0.05, 0) is 40.2 Å². The van der Waals surface area contributed by atoms with Crippen molar-refractivity contribution < 1.29 is 14.2 Å². The van der Waals surface area contributed by atoms with Gasteiger partial charge < -0.3 is 19.5 Å². The molecule has 0 heterocycles. The summed E-state index contributed by atoms with van der Waals surface area (Å²) in [6.07, 6.45) is 1.98. The first-order chi connectivity index (χ1) is 8.12. The van der Waals surface area contributed by atoms with Crippen LogP contribution < -0.4 is 5.32 Å². The lowest BCUT2D eigenvalue weighted by molar-refractivity contribution is -0.00937. The van der Waals surface area contributed by atoms with Gasteiger partial charge in [-0.2, -0.15) is 0 Å². The molecule has 17 heavy (non-hydrogen) atoms. The highest BCUT2D eigenvalue weighted by Crippen LogP contribution is 2.12. The van der Waals surface area contributed by atoms with Crippen molar-refractivity contribution in [3.63, 3.8) is 0 Å². The Morgan fingerprint density at radius 3 is 2.41 bits per heavy atom. The van der Waals surface area contributed by atoms with E-state index < -0.39 is 0 Å². The quantitative estimate of drug-likeness (QED) is 0.534.